The van der Waals surface area contributed by atoms with E-state index in [1.807, 2.05) is 31.2 Å². The minimum atomic E-state index is 0.525. The van der Waals surface area contributed by atoms with Crippen molar-refractivity contribution in [3.63, 3.8) is 0 Å². The maximum absolute atomic E-state index is 5.80. The first-order valence-corrected chi connectivity index (χ1v) is 5.68. The molecule has 0 saturated carbocycles. The smallest absolute Gasteiger partial charge is 0.221 e. The van der Waals surface area contributed by atoms with Gasteiger partial charge in [0.15, 0.2) is 0 Å². The van der Waals surface area contributed by atoms with Gasteiger partial charge in [0.05, 0.1) is 0 Å². The van der Waals surface area contributed by atoms with E-state index in [4.69, 9.17) is 10.5 Å². The number of nitrogen functional groups attached to an aromatic ring is 1. The standard InChI is InChI=1S/C14H16N2O/c1-3-11-4-6-12(7-5-11)17-14-8-13(15)10(2)9-16-14/h4-9H,3H2,1-2H3,(H2,15,16). The molecule has 2 N–H and O–H groups in total. The van der Waals surface area contributed by atoms with Crippen molar-refractivity contribution in [2.45, 2.75) is 20.3 Å². The molecule has 0 aliphatic rings. The molecule has 0 radical (unpaired) electrons. The van der Waals surface area contributed by atoms with Crippen molar-refractivity contribution >= 4 is 5.69 Å². The third-order valence-corrected chi connectivity index (χ3v) is 2.67. The van der Waals surface area contributed by atoms with Crippen LogP contribution in [0.4, 0.5) is 5.69 Å². The van der Waals surface area contributed by atoms with Gasteiger partial charge in [-0.25, -0.2) is 4.98 Å². The average molecular weight is 228 g/mol. The molecule has 3 heteroatoms. The third kappa shape index (κ3) is 2.75. The van der Waals surface area contributed by atoms with Crippen LogP contribution < -0.4 is 10.5 Å². The number of aromatic nitrogens is 1. The number of ether oxygens (including phenoxy) is 1. The summed E-state index contributed by atoms with van der Waals surface area (Å²) in [7, 11) is 0. The molecule has 0 unspecified atom stereocenters. The predicted molar refractivity (Wildman–Crippen MR) is 69.3 cm³/mol. The highest BCUT2D eigenvalue weighted by Crippen LogP contribution is 2.22. The molecular formula is C14H16N2O. The second-order valence-corrected chi connectivity index (χ2v) is 3.98. The Labute approximate surface area is 101 Å². The van der Waals surface area contributed by atoms with Gasteiger partial charge in [0.1, 0.15) is 5.75 Å². The van der Waals surface area contributed by atoms with Gasteiger partial charge in [0.2, 0.25) is 5.88 Å². The number of aryl methyl sites for hydroxylation is 2. The lowest BCUT2D eigenvalue weighted by Gasteiger charge is -2.07. The number of anilines is 1. The number of rotatable bonds is 3. The molecule has 0 bridgehead atoms. The Balaban J connectivity index is 2.16. The fraction of sp³-hybridized carbons (Fsp3) is 0.214. The van der Waals surface area contributed by atoms with Gasteiger partial charge < -0.3 is 10.5 Å². The monoisotopic (exact) mass is 228 g/mol. The molecule has 0 aliphatic heterocycles. The number of nitrogens with zero attached hydrogens (tertiary/aromatic N) is 1. The van der Waals surface area contributed by atoms with Gasteiger partial charge in [-0.1, -0.05) is 19.1 Å². The van der Waals surface area contributed by atoms with Gasteiger partial charge in [-0.05, 0) is 36.6 Å². The van der Waals surface area contributed by atoms with E-state index in [0.717, 1.165) is 17.7 Å². The van der Waals surface area contributed by atoms with Gasteiger partial charge in [-0.2, -0.15) is 0 Å². The van der Waals surface area contributed by atoms with Crippen molar-refractivity contribution in [1.82, 2.24) is 4.98 Å². The second kappa shape index (κ2) is 4.87. The van der Waals surface area contributed by atoms with Crippen LogP contribution in [0.3, 0.4) is 0 Å². The molecule has 88 valence electrons. The van der Waals surface area contributed by atoms with Crippen LogP contribution in [-0.2, 0) is 6.42 Å². The summed E-state index contributed by atoms with van der Waals surface area (Å²) >= 11 is 0. The zero-order chi connectivity index (χ0) is 12.3. The average Bonchev–Trinajstić information content (AvgIpc) is 2.35. The summed E-state index contributed by atoms with van der Waals surface area (Å²) in [6, 6.07) is 9.72. The summed E-state index contributed by atoms with van der Waals surface area (Å²) < 4.78 is 5.62. The number of hydrogen-bond donors (Lipinski definition) is 1. The van der Waals surface area contributed by atoms with Crippen molar-refractivity contribution < 1.29 is 4.74 Å². The Morgan fingerprint density at radius 2 is 1.94 bits per heavy atom. The van der Waals surface area contributed by atoms with Crippen LogP contribution >= 0.6 is 0 Å². The highest BCUT2D eigenvalue weighted by Gasteiger charge is 2.01. The van der Waals surface area contributed by atoms with Crippen molar-refractivity contribution in [3.8, 4) is 11.6 Å². The van der Waals surface area contributed by atoms with Gasteiger partial charge in [-0.15, -0.1) is 0 Å². The highest BCUT2D eigenvalue weighted by molar-refractivity contribution is 5.47. The van der Waals surface area contributed by atoms with Gasteiger partial charge in [0, 0.05) is 18.0 Å². The SMILES string of the molecule is CCc1ccc(Oc2cc(N)c(C)cn2)cc1. The first-order valence-electron chi connectivity index (χ1n) is 5.68. The summed E-state index contributed by atoms with van der Waals surface area (Å²) in [5, 5.41) is 0. The molecule has 0 spiro atoms. The zero-order valence-corrected chi connectivity index (χ0v) is 10.1. The molecule has 3 nitrogen and oxygen atoms in total. The molecule has 1 heterocycles. The fourth-order valence-electron chi connectivity index (χ4n) is 1.49. The zero-order valence-electron chi connectivity index (χ0n) is 10.1. The van der Waals surface area contributed by atoms with Crippen molar-refractivity contribution in [2.24, 2.45) is 0 Å². The minimum Gasteiger partial charge on any atom is -0.439 e. The van der Waals surface area contributed by atoms with Gasteiger partial charge in [-0.3, -0.25) is 0 Å². The molecule has 2 aromatic rings. The third-order valence-electron chi connectivity index (χ3n) is 2.67. The number of benzene rings is 1. The van der Waals surface area contributed by atoms with Crippen LogP contribution in [-0.4, -0.2) is 4.98 Å². The maximum atomic E-state index is 5.80. The van der Waals surface area contributed by atoms with Gasteiger partial charge >= 0.3 is 0 Å². The lowest BCUT2D eigenvalue weighted by atomic mass is 10.2. The van der Waals surface area contributed by atoms with Crippen LogP contribution in [0.2, 0.25) is 0 Å². The van der Waals surface area contributed by atoms with E-state index >= 15 is 0 Å². The lowest BCUT2D eigenvalue weighted by molar-refractivity contribution is 0.463. The van der Waals surface area contributed by atoms with Crippen molar-refractivity contribution in [1.29, 1.82) is 0 Å². The normalized spacial score (nSPS) is 10.2. The Bertz CT molecular complexity index is 506. The summed E-state index contributed by atoms with van der Waals surface area (Å²) in [6.45, 7) is 4.04. The van der Waals surface area contributed by atoms with Crippen LogP contribution in [0.25, 0.3) is 0 Å². The van der Waals surface area contributed by atoms with E-state index in [-0.39, 0.29) is 0 Å². The molecule has 0 amide bonds. The Hall–Kier alpha value is -2.03. The quantitative estimate of drug-likeness (QED) is 0.876. The second-order valence-electron chi connectivity index (χ2n) is 3.98. The molecule has 0 fully saturated rings. The first-order chi connectivity index (χ1) is 8.19. The molecule has 17 heavy (non-hydrogen) atoms. The van der Waals surface area contributed by atoms with E-state index in [1.54, 1.807) is 12.3 Å². The number of pyridine rings is 1. The topological polar surface area (TPSA) is 48.1 Å². The lowest BCUT2D eigenvalue weighted by Crippen LogP contribution is -1.94. The number of hydrogen-bond acceptors (Lipinski definition) is 3. The Morgan fingerprint density at radius 1 is 1.24 bits per heavy atom. The maximum Gasteiger partial charge on any atom is 0.221 e. The number of nitrogens with two attached hydrogens (primary N) is 1. The molecule has 0 saturated heterocycles. The van der Waals surface area contributed by atoms with E-state index in [0.29, 0.717) is 11.6 Å². The molecule has 0 atom stereocenters. The van der Waals surface area contributed by atoms with Crippen molar-refractivity contribution in [2.75, 3.05) is 5.73 Å². The summed E-state index contributed by atoms with van der Waals surface area (Å²) in [5.74, 6) is 1.30. The summed E-state index contributed by atoms with van der Waals surface area (Å²) in [4.78, 5) is 4.17. The Kier molecular flexibility index (Phi) is 3.28. The first kappa shape index (κ1) is 11.5. The minimum absolute atomic E-state index is 0.525. The summed E-state index contributed by atoms with van der Waals surface area (Å²) in [6.07, 6.45) is 2.74. The Morgan fingerprint density at radius 3 is 2.53 bits per heavy atom. The molecule has 1 aromatic heterocycles. The van der Waals surface area contributed by atoms with E-state index in [2.05, 4.69) is 11.9 Å². The van der Waals surface area contributed by atoms with E-state index in [1.165, 1.54) is 5.56 Å². The molecule has 1 aromatic carbocycles. The summed E-state index contributed by atoms with van der Waals surface area (Å²) in [5.41, 5.74) is 8.74. The molecule has 0 aliphatic carbocycles. The largest absolute Gasteiger partial charge is 0.439 e. The molecule has 2 rings (SSSR count). The van der Waals surface area contributed by atoms with Crippen LogP contribution in [0.5, 0.6) is 11.6 Å². The van der Waals surface area contributed by atoms with Crippen molar-refractivity contribution in [3.05, 3.63) is 47.7 Å². The van der Waals surface area contributed by atoms with Crippen LogP contribution in [0.15, 0.2) is 36.5 Å². The predicted octanol–water partition coefficient (Wildman–Crippen LogP) is 3.33. The van der Waals surface area contributed by atoms with Crippen LogP contribution in [0, 0.1) is 6.92 Å². The van der Waals surface area contributed by atoms with Gasteiger partial charge in [0.25, 0.3) is 0 Å². The van der Waals surface area contributed by atoms with E-state index < -0.39 is 0 Å². The van der Waals surface area contributed by atoms with Crippen LogP contribution in [0.1, 0.15) is 18.1 Å². The fourth-order valence-corrected chi connectivity index (χ4v) is 1.49. The highest BCUT2D eigenvalue weighted by atomic mass is 16.5. The molecular weight excluding hydrogens is 212 g/mol. The van der Waals surface area contributed by atoms with E-state index in [9.17, 15) is 0 Å².